The number of likely N-dealkylation sites (N-methyl/N-ethyl adjacent to an activating group) is 1. The summed E-state index contributed by atoms with van der Waals surface area (Å²) in [5.41, 5.74) is 0.244. The summed E-state index contributed by atoms with van der Waals surface area (Å²) in [6.07, 6.45) is 8.04. The molecule has 2 amide bonds. The van der Waals surface area contributed by atoms with Gasteiger partial charge in [0.1, 0.15) is 0 Å². The Morgan fingerprint density at radius 3 is 2.02 bits per heavy atom. The van der Waals surface area contributed by atoms with Gasteiger partial charge in [0, 0.05) is 59.8 Å². The minimum atomic E-state index is 0.175. The monoisotopic (exact) mass is 588 g/mol. The van der Waals surface area contributed by atoms with Crippen LogP contribution in [0.1, 0.15) is 86.5 Å². The molecule has 3 unspecified atom stereocenters. The number of carbonyl (C=O) groups excluding carboxylic acids is 2. The average Bonchev–Trinajstić information content (AvgIpc) is 2.96. The number of hydrogen-bond acceptors (Lipinski definition) is 6. The van der Waals surface area contributed by atoms with Crippen molar-refractivity contribution in [2.45, 2.75) is 98.7 Å². The lowest BCUT2D eigenvalue weighted by atomic mass is 10.1. The molecule has 0 spiro atoms. The van der Waals surface area contributed by atoms with Crippen molar-refractivity contribution in [2.75, 3.05) is 86.3 Å². The van der Waals surface area contributed by atoms with E-state index in [0.29, 0.717) is 21.1 Å². The second kappa shape index (κ2) is 24.8. The molecule has 0 bridgehead atoms. The zero-order valence-corrected chi connectivity index (χ0v) is 28.7. The Morgan fingerprint density at radius 2 is 1.48 bits per heavy atom. The third kappa shape index (κ3) is 18.6. The van der Waals surface area contributed by atoms with Gasteiger partial charge in [0.25, 0.3) is 0 Å². The molecule has 2 aliphatic rings. The molecule has 2 aliphatic heterocycles. The number of ether oxygens (including phenoxy) is 2. The smallest absolute Gasteiger partial charge is 0.239 e. The lowest BCUT2D eigenvalue weighted by Crippen LogP contribution is -2.48. The Morgan fingerprint density at radius 1 is 0.900 bits per heavy atom. The molecule has 0 N–H and O–H groups in total. The van der Waals surface area contributed by atoms with Gasteiger partial charge in [-0.25, -0.2) is 0 Å². The van der Waals surface area contributed by atoms with Gasteiger partial charge in [-0.3, -0.25) is 19.4 Å². The van der Waals surface area contributed by atoms with Crippen LogP contribution in [0, 0.1) is 5.92 Å². The van der Waals surface area contributed by atoms with E-state index in [1.165, 1.54) is 32.2 Å². The van der Waals surface area contributed by atoms with Crippen molar-refractivity contribution in [1.29, 1.82) is 0 Å². The molecule has 238 valence electrons. The number of amides is 2. The predicted molar refractivity (Wildman–Crippen MR) is 172 cm³/mol. The molecule has 8 nitrogen and oxygen atoms in total. The highest BCUT2D eigenvalue weighted by Gasteiger charge is 2.23. The number of hydrogen-bond donors (Lipinski definition) is 0. The fraction of sp³-hybridized carbons (Fsp3) is 0.935. The van der Waals surface area contributed by atoms with Gasteiger partial charge in [-0.2, -0.15) is 0 Å². The highest BCUT2D eigenvalue weighted by Crippen LogP contribution is 2.14. The first-order valence-electron chi connectivity index (χ1n) is 16.0. The van der Waals surface area contributed by atoms with E-state index in [9.17, 15) is 9.59 Å². The minimum Gasteiger partial charge on any atom is -0.375 e. The Labute approximate surface area is 249 Å². The Kier molecular flexibility index (Phi) is 24.3. The molecule has 9 heteroatoms. The van der Waals surface area contributed by atoms with Crippen LogP contribution in [0.15, 0.2) is 0 Å². The van der Waals surface area contributed by atoms with Gasteiger partial charge < -0.3 is 19.3 Å². The number of carbonyl (C=O) groups is 2. The molecular formula is C31H65N4O4P. The van der Waals surface area contributed by atoms with E-state index < -0.39 is 0 Å². The molecule has 0 aromatic rings. The molecule has 0 radical (unpaired) electrons. The normalized spacial score (nSPS) is 20.1. The topological polar surface area (TPSA) is 65.6 Å². The molecular weight excluding hydrogens is 523 g/mol. The van der Waals surface area contributed by atoms with Crippen molar-refractivity contribution in [3.8, 4) is 0 Å². The zero-order valence-electron chi connectivity index (χ0n) is 27.7. The second-order valence-corrected chi connectivity index (χ2v) is 12.2. The van der Waals surface area contributed by atoms with Crippen LogP contribution in [0.4, 0.5) is 4.79 Å². The summed E-state index contributed by atoms with van der Waals surface area (Å²) in [5, 5.41) is 0. The molecule has 40 heavy (non-hydrogen) atoms. The molecule has 0 aromatic carbocycles. The van der Waals surface area contributed by atoms with Crippen molar-refractivity contribution in [3.63, 3.8) is 0 Å². The third-order valence-electron chi connectivity index (χ3n) is 7.24. The molecule has 2 rings (SSSR count). The summed E-state index contributed by atoms with van der Waals surface area (Å²) >= 11 is 0. The number of morpholine rings is 2. The lowest BCUT2D eigenvalue weighted by molar-refractivity contribution is -0.133. The Bertz CT molecular complexity index is 640. The summed E-state index contributed by atoms with van der Waals surface area (Å²) in [6, 6.07) is 0. The van der Waals surface area contributed by atoms with Crippen LogP contribution in [-0.4, -0.2) is 130 Å². The van der Waals surface area contributed by atoms with E-state index in [4.69, 9.17) is 9.47 Å². The third-order valence-corrected chi connectivity index (χ3v) is 8.05. The quantitative estimate of drug-likeness (QED) is 0.231. The van der Waals surface area contributed by atoms with Crippen molar-refractivity contribution in [2.24, 2.45) is 5.92 Å². The van der Waals surface area contributed by atoms with Gasteiger partial charge >= 0.3 is 0 Å². The summed E-state index contributed by atoms with van der Waals surface area (Å²) in [6.45, 7) is 24.3. The van der Waals surface area contributed by atoms with Crippen molar-refractivity contribution in [1.82, 2.24) is 19.6 Å². The second-order valence-electron chi connectivity index (χ2n) is 11.3. The highest BCUT2D eigenvalue weighted by molar-refractivity contribution is 7.56. The number of rotatable bonds is 15. The van der Waals surface area contributed by atoms with Crippen LogP contribution in [0.5, 0.6) is 0 Å². The van der Waals surface area contributed by atoms with Crippen molar-refractivity contribution >= 4 is 20.1 Å². The summed E-state index contributed by atoms with van der Waals surface area (Å²) < 4.78 is 11.6. The molecule has 0 aliphatic carbocycles. The van der Waals surface area contributed by atoms with Crippen molar-refractivity contribution in [3.05, 3.63) is 0 Å². The van der Waals surface area contributed by atoms with Crippen LogP contribution < -0.4 is 0 Å². The van der Waals surface area contributed by atoms with Gasteiger partial charge in [-0.1, -0.05) is 48.0 Å². The van der Waals surface area contributed by atoms with E-state index in [-0.39, 0.29) is 17.7 Å². The first-order valence-corrected chi connectivity index (χ1v) is 17.5. The highest BCUT2D eigenvalue weighted by atomic mass is 31.1. The van der Waals surface area contributed by atoms with Crippen LogP contribution in [0.2, 0.25) is 0 Å². The maximum absolute atomic E-state index is 11.8. The lowest BCUT2D eigenvalue weighted by Gasteiger charge is -2.35. The van der Waals surface area contributed by atoms with E-state index >= 15 is 0 Å². The van der Waals surface area contributed by atoms with Gasteiger partial charge in [-0.15, -0.1) is 0 Å². The first-order chi connectivity index (χ1) is 19.2. The van der Waals surface area contributed by atoms with Gasteiger partial charge in [0.15, 0.2) is 0 Å². The van der Waals surface area contributed by atoms with E-state index in [0.717, 1.165) is 77.8 Å². The largest absolute Gasteiger partial charge is 0.375 e. The van der Waals surface area contributed by atoms with Crippen LogP contribution >= 0.6 is 8.58 Å². The number of unbranched alkanes of at least 4 members (excludes halogenated alkanes) is 1. The molecule has 0 saturated carbocycles. The summed E-state index contributed by atoms with van der Waals surface area (Å²) in [5.74, 6) is 1.01. The maximum atomic E-state index is 11.8. The first kappa shape index (κ1) is 39.2. The fourth-order valence-electron chi connectivity index (χ4n) is 4.80. The zero-order chi connectivity index (χ0) is 30.3. The van der Waals surface area contributed by atoms with E-state index in [1.54, 1.807) is 0 Å². The van der Waals surface area contributed by atoms with Crippen LogP contribution in [-0.2, 0) is 14.3 Å². The predicted octanol–water partition coefficient (Wildman–Crippen LogP) is 5.65. The van der Waals surface area contributed by atoms with E-state index in [2.05, 4.69) is 30.6 Å². The SMILES string of the molecule is CC.CCCC(=O)N(C)CC1CN(CCCC(C)C)CCO1.CCCCN1CCOC(CCN(C)C(=O)PC)C1. The Balaban J connectivity index is 0.000000719. The van der Waals surface area contributed by atoms with Gasteiger partial charge in [-0.05, 0) is 66.4 Å². The Hall–Kier alpha value is -0.790. The standard InChI is InChI=1S/C16H32N2O2.C13H27N2O2P.C2H6/c1-5-7-16(19)17(4)12-15-13-18(10-11-20-15)9-6-8-14(2)3;1-4-5-7-15-9-10-17-12(11-15)6-8-14(2)13(16)18-3;1-2/h14-15H,5-13H2,1-4H3;12,18H,4-11H2,1-3H3;1-2H3. The molecule has 2 saturated heterocycles. The fourth-order valence-corrected chi connectivity index (χ4v) is 5.29. The van der Waals surface area contributed by atoms with Crippen molar-refractivity contribution < 1.29 is 19.1 Å². The average molecular weight is 589 g/mol. The van der Waals surface area contributed by atoms with Gasteiger partial charge in [0.2, 0.25) is 11.6 Å². The summed E-state index contributed by atoms with van der Waals surface area (Å²) in [4.78, 5) is 31.9. The van der Waals surface area contributed by atoms with Crippen LogP contribution in [0.3, 0.4) is 0 Å². The molecule has 3 atom stereocenters. The summed E-state index contributed by atoms with van der Waals surface area (Å²) in [7, 11) is 4.14. The van der Waals surface area contributed by atoms with E-state index in [1.807, 2.05) is 51.3 Å². The van der Waals surface area contributed by atoms with Crippen LogP contribution in [0.25, 0.3) is 0 Å². The minimum absolute atomic E-state index is 0.175. The molecule has 2 heterocycles. The van der Waals surface area contributed by atoms with Gasteiger partial charge in [0.05, 0.1) is 25.4 Å². The molecule has 2 fully saturated rings. The number of nitrogens with zero attached hydrogens (tertiary/aromatic N) is 4. The maximum Gasteiger partial charge on any atom is 0.239 e. The molecule has 0 aromatic heterocycles.